The highest BCUT2D eigenvalue weighted by molar-refractivity contribution is 6.30. The first-order valence-electron chi connectivity index (χ1n) is 5.12. The molecule has 0 unspecified atom stereocenters. The molecule has 0 atom stereocenters. The van der Waals surface area contributed by atoms with Crippen LogP contribution in [-0.2, 0) is 0 Å². The summed E-state index contributed by atoms with van der Waals surface area (Å²) in [6.45, 7) is 1.52. The van der Waals surface area contributed by atoms with Crippen LogP contribution in [0, 0.1) is 12.7 Å². The smallest absolute Gasteiger partial charge is 0.275 e. The van der Waals surface area contributed by atoms with Crippen LogP contribution in [0.5, 0.6) is 0 Å². The molecule has 0 saturated carbocycles. The third-order valence-corrected chi connectivity index (χ3v) is 2.45. The minimum atomic E-state index is -0.426. The van der Waals surface area contributed by atoms with Gasteiger partial charge in [0, 0.05) is 6.20 Å². The monoisotopic (exact) mass is 265 g/mol. The van der Waals surface area contributed by atoms with E-state index in [2.05, 4.69) is 15.3 Å². The molecular formula is C12H9ClFN3O. The van der Waals surface area contributed by atoms with Crippen molar-refractivity contribution in [3.05, 3.63) is 52.7 Å². The van der Waals surface area contributed by atoms with Crippen LogP contribution < -0.4 is 5.32 Å². The first-order chi connectivity index (χ1) is 8.56. The predicted octanol–water partition coefficient (Wildman–Crippen LogP) is 2.83. The molecule has 0 spiro atoms. The Hall–Kier alpha value is -2.01. The molecule has 1 amide bonds. The van der Waals surface area contributed by atoms with Gasteiger partial charge in [0.1, 0.15) is 17.3 Å². The van der Waals surface area contributed by atoms with Crippen molar-refractivity contribution in [3.63, 3.8) is 0 Å². The Morgan fingerprint density at radius 2 is 2.11 bits per heavy atom. The summed E-state index contributed by atoms with van der Waals surface area (Å²) in [6.07, 6.45) is 1.37. The van der Waals surface area contributed by atoms with Gasteiger partial charge in [-0.3, -0.25) is 4.79 Å². The fourth-order valence-electron chi connectivity index (χ4n) is 1.30. The topological polar surface area (TPSA) is 54.9 Å². The second-order valence-corrected chi connectivity index (χ2v) is 4.02. The number of amides is 1. The van der Waals surface area contributed by atoms with Crippen LogP contribution in [0.3, 0.4) is 0 Å². The van der Waals surface area contributed by atoms with Gasteiger partial charge in [-0.05, 0) is 31.2 Å². The van der Waals surface area contributed by atoms with E-state index in [1.54, 1.807) is 6.07 Å². The maximum Gasteiger partial charge on any atom is 0.275 e. The first kappa shape index (κ1) is 12.4. The number of hydrogen-bond acceptors (Lipinski definition) is 3. The highest BCUT2D eigenvalue weighted by Crippen LogP contribution is 2.11. The van der Waals surface area contributed by atoms with E-state index in [1.165, 1.54) is 31.3 Å². The third kappa shape index (κ3) is 2.81. The standard InChI is InChI=1S/C12H9ClFN3O/c1-7-9(14)3-5-11(16-7)17-12(18)10-4-2-8(13)6-15-10/h2-6H,1H3,(H,16,17,18). The number of hydrogen-bond donors (Lipinski definition) is 1. The summed E-state index contributed by atoms with van der Waals surface area (Å²) < 4.78 is 13.0. The molecule has 2 aromatic rings. The van der Waals surface area contributed by atoms with Gasteiger partial charge in [0.25, 0.3) is 5.91 Å². The van der Waals surface area contributed by atoms with E-state index in [9.17, 15) is 9.18 Å². The minimum Gasteiger partial charge on any atom is -0.305 e. The number of aryl methyl sites for hydroxylation is 1. The lowest BCUT2D eigenvalue weighted by Crippen LogP contribution is -2.14. The van der Waals surface area contributed by atoms with E-state index in [0.29, 0.717) is 5.02 Å². The van der Waals surface area contributed by atoms with Gasteiger partial charge in [-0.25, -0.2) is 14.4 Å². The number of rotatable bonds is 2. The van der Waals surface area contributed by atoms with Crippen LogP contribution in [0.4, 0.5) is 10.2 Å². The van der Waals surface area contributed by atoms with Gasteiger partial charge in [-0.15, -0.1) is 0 Å². The molecule has 18 heavy (non-hydrogen) atoms. The van der Waals surface area contributed by atoms with Crippen LogP contribution in [0.25, 0.3) is 0 Å². The Labute approximate surface area is 108 Å². The van der Waals surface area contributed by atoms with Crippen LogP contribution in [0.15, 0.2) is 30.5 Å². The third-order valence-electron chi connectivity index (χ3n) is 2.22. The molecule has 2 rings (SSSR count). The minimum absolute atomic E-state index is 0.211. The van der Waals surface area contributed by atoms with Gasteiger partial charge in [-0.2, -0.15) is 0 Å². The van der Waals surface area contributed by atoms with Crippen molar-refractivity contribution in [2.45, 2.75) is 6.92 Å². The summed E-state index contributed by atoms with van der Waals surface area (Å²) in [4.78, 5) is 19.5. The molecule has 2 aromatic heterocycles. The van der Waals surface area contributed by atoms with Gasteiger partial charge < -0.3 is 5.32 Å². The number of aromatic nitrogens is 2. The second kappa shape index (κ2) is 5.10. The molecule has 0 saturated heterocycles. The molecule has 0 aliphatic rings. The van der Waals surface area contributed by atoms with Crippen LogP contribution >= 0.6 is 11.6 Å². The lowest BCUT2D eigenvalue weighted by Gasteiger charge is -2.05. The van der Waals surface area contributed by atoms with Gasteiger partial charge in [0.05, 0.1) is 10.7 Å². The zero-order chi connectivity index (χ0) is 13.1. The number of pyridine rings is 2. The molecule has 0 aliphatic carbocycles. The molecule has 0 fully saturated rings. The van der Waals surface area contributed by atoms with Crippen molar-refractivity contribution in [1.29, 1.82) is 0 Å². The fraction of sp³-hybridized carbons (Fsp3) is 0.0833. The lowest BCUT2D eigenvalue weighted by atomic mass is 10.3. The Balaban J connectivity index is 2.16. The summed E-state index contributed by atoms with van der Waals surface area (Å²) in [7, 11) is 0. The molecule has 2 heterocycles. The molecule has 6 heteroatoms. The average molecular weight is 266 g/mol. The Morgan fingerprint density at radius 1 is 1.33 bits per heavy atom. The fourth-order valence-corrected chi connectivity index (χ4v) is 1.42. The van der Waals surface area contributed by atoms with Crippen molar-refractivity contribution in [2.75, 3.05) is 5.32 Å². The van der Waals surface area contributed by atoms with E-state index in [0.717, 1.165) is 0 Å². The van der Waals surface area contributed by atoms with Crippen molar-refractivity contribution in [3.8, 4) is 0 Å². The Morgan fingerprint density at radius 3 is 2.72 bits per heavy atom. The summed E-state index contributed by atoms with van der Waals surface area (Å²) in [5, 5.41) is 2.97. The van der Waals surface area contributed by atoms with Crippen LogP contribution in [0.1, 0.15) is 16.2 Å². The Bertz CT molecular complexity index is 586. The van der Waals surface area contributed by atoms with Crippen molar-refractivity contribution in [1.82, 2.24) is 9.97 Å². The molecule has 0 bridgehead atoms. The molecule has 1 N–H and O–H groups in total. The zero-order valence-electron chi connectivity index (χ0n) is 9.45. The zero-order valence-corrected chi connectivity index (χ0v) is 10.2. The summed E-state index contributed by atoms with van der Waals surface area (Å²) in [6, 6.07) is 5.68. The van der Waals surface area contributed by atoms with E-state index in [4.69, 9.17) is 11.6 Å². The van der Waals surface area contributed by atoms with Crippen molar-refractivity contribution in [2.24, 2.45) is 0 Å². The van der Waals surface area contributed by atoms with E-state index >= 15 is 0 Å². The van der Waals surface area contributed by atoms with Crippen LogP contribution in [-0.4, -0.2) is 15.9 Å². The van der Waals surface area contributed by atoms with Gasteiger partial charge in [-0.1, -0.05) is 11.6 Å². The second-order valence-electron chi connectivity index (χ2n) is 3.58. The predicted molar refractivity (Wildman–Crippen MR) is 66.1 cm³/mol. The van der Waals surface area contributed by atoms with Crippen molar-refractivity contribution < 1.29 is 9.18 Å². The van der Waals surface area contributed by atoms with E-state index in [-0.39, 0.29) is 17.2 Å². The quantitative estimate of drug-likeness (QED) is 0.908. The molecule has 0 radical (unpaired) electrons. The molecular weight excluding hydrogens is 257 g/mol. The maximum atomic E-state index is 13.0. The number of carbonyl (C=O) groups is 1. The molecule has 0 aliphatic heterocycles. The van der Waals surface area contributed by atoms with Gasteiger partial charge in [0.15, 0.2) is 0 Å². The number of anilines is 1. The van der Waals surface area contributed by atoms with Crippen LogP contribution in [0.2, 0.25) is 5.02 Å². The number of nitrogens with zero attached hydrogens (tertiary/aromatic N) is 2. The highest BCUT2D eigenvalue weighted by Gasteiger charge is 2.09. The summed E-state index contributed by atoms with van der Waals surface area (Å²) >= 11 is 5.67. The molecule has 0 aromatic carbocycles. The summed E-state index contributed by atoms with van der Waals surface area (Å²) in [5.74, 6) is -0.571. The number of carbonyl (C=O) groups excluding carboxylic acids is 1. The lowest BCUT2D eigenvalue weighted by molar-refractivity contribution is 0.102. The average Bonchev–Trinajstić information content (AvgIpc) is 2.34. The Kier molecular flexibility index (Phi) is 3.53. The first-order valence-corrected chi connectivity index (χ1v) is 5.50. The summed E-state index contributed by atoms with van der Waals surface area (Å²) in [5.41, 5.74) is 0.431. The van der Waals surface area contributed by atoms with Gasteiger partial charge >= 0.3 is 0 Å². The molecule has 92 valence electrons. The number of halogens is 2. The van der Waals surface area contributed by atoms with E-state index in [1.807, 2.05) is 0 Å². The maximum absolute atomic E-state index is 13.0. The molecule has 4 nitrogen and oxygen atoms in total. The SMILES string of the molecule is Cc1nc(NC(=O)c2ccc(Cl)cn2)ccc1F. The highest BCUT2D eigenvalue weighted by atomic mass is 35.5. The van der Waals surface area contributed by atoms with E-state index < -0.39 is 11.7 Å². The number of nitrogens with one attached hydrogen (secondary N) is 1. The van der Waals surface area contributed by atoms with Gasteiger partial charge in [0.2, 0.25) is 0 Å². The van der Waals surface area contributed by atoms with Crippen molar-refractivity contribution >= 4 is 23.3 Å². The normalized spacial score (nSPS) is 10.2. The largest absolute Gasteiger partial charge is 0.305 e.